The molecule has 0 unspecified atom stereocenters. The van der Waals surface area contributed by atoms with Crippen LogP contribution in [-0.4, -0.2) is 59.9 Å². The van der Waals surface area contributed by atoms with Crippen LogP contribution < -0.4 is 0 Å². The summed E-state index contributed by atoms with van der Waals surface area (Å²) in [6.07, 6.45) is 0. The van der Waals surface area contributed by atoms with Gasteiger partial charge in [0.05, 0.1) is 11.1 Å². The summed E-state index contributed by atoms with van der Waals surface area (Å²) in [5.74, 6) is -1.94. The fraction of sp³-hybridized carbons (Fsp3) is 0. The summed E-state index contributed by atoms with van der Waals surface area (Å²) in [4.78, 5) is 21.4. The second-order valence-electron chi connectivity index (χ2n) is 3.77. The molecule has 6 heteroatoms. The van der Waals surface area contributed by atoms with Gasteiger partial charge in [-0.25, -0.2) is 9.59 Å². The summed E-state index contributed by atoms with van der Waals surface area (Å²) in [6.45, 7) is 0. The van der Waals surface area contributed by atoms with Crippen LogP contribution in [0.5, 0.6) is 0 Å². The Morgan fingerprint density at radius 2 is 0.850 bits per heavy atom. The Morgan fingerprint density at radius 3 is 1.05 bits per heavy atom. The minimum atomic E-state index is -0.970. The van der Waals surface area contributed by atoms with E-state index in [1.807, 2.05) is 0 Å². The maximum absolute atomic E-state index is 10.7. The van der Waals surface area contributed by atoms with Crippen molar-refractivity contribution < 1.29 is 19.8 Å². The molecule has 0 aliphatic rings. The minimum absolute atomic E-state index is 0. The van der Waals surface area contributed by atoms with Gasteiger partial charge in [0, 0.05) is 0 Å². The summed E-state index contributed by atoms with van der Waals surface area (Å²) >= 11 is 0. The van der Waals surface area contributed by atoms with Crippen LogP contribution in [0.15, 0.2) is 48.5 Å². The molecule has 0 aliphatic carbocycles. The first-order valence-corrected chi connectivity index (χ1v) is 5.25. The van der Waals surface area contributed by atoms with Crippen molar-refractivity contribution in [2.75, 3.05) is 0 Å². The number of rotatable bonds is 3. The molecule has 2 aromatic carbocycles. The van der Waals surface area contributed by atoms with Crippen LogP contribution in [0.25, 0.3) is 11.1 Å². The van der Waals surface area contributed by atoms with E-state index in [1.165, 1.54) is 24.3 Å². The molecular formula is C14H12Li2O4. The van der Waals surface area contributed by atoms with Crippen molar-refractivity contribution in [2.45, 2.75) is 0 Å². The first-order chi connectivity index (χ1) is 8.58. The van der Waals surface area contributed by atoms with Crippen LogP contribution in [0.4, 0.5) is 0 Å². The zero-order valence-corrected chi connectivity index (χ0v) is 9.33. The van der Waals surface area contributed by atoms with Crippen molar-refractivity contribution in [1.29, 1.82) is 0 Å². The number of carboxylic acids is 2. The molecule has 0 spiro atoms. The van der Waals surface area contributed by atoms with Crippen molar-refractivity contribution in [1.82, 2.24) is 0 Å². The third-order valence-electron chi connectivity index (χ3n) is 2.60. The molecule has 2 rings (SSSR count). The Labute approximate surface area is 140 Å². The normalized spacial score (nSPS) is 9.00. The van der Waals surface area contributed by atoms with Gasteiger partial charge in [0.2, 0.25) is 0 Å². The van der Waals surface area contributed by atoms with E-state index in [9.17, 15) is 9.59 Å². The molecule has 0 saturated heterocycles. The number of hydrogen-bond donors (Lipinski definition) is 2. The molecule has 0 radical (unpaired) electrons. The molecule has 4 nitrogen and oxygen atoms in total. The van der Waals surface area contributed by atoms with Crippen molar-refractivity contribution in [3.63, 3.8) is 0 Å². The van der Waals surface area contributed by atoms with E-state index in [-0.39, 0.29) is 48.8 Å². The molecule has 20 heavy (non-hydrogen) atoms. The van der Waals surface area contributed by atoms with Crippen LogP contribution in [0.1, 0.15) is 20.7 Å². The molecule has 0 heterocycles. The SMILES string of the molecule is O=C(O)c1ccc(-c2ccc(C(=O)O)cc2)cc1.[LiH].[LiH]. The molecule has 2 N–H and O–H groups in total. The van der Waals surface area contributed by atoms with Gasteiger partial charge in [-0.05, 0) is 35.4 Å². The molecule has 0 bridgehead atoms. The molecule has 0 aliphatic heterocycles. The third-order valence-corrected chi connectivity index (χ3v) is 2.60. The van der Waals surface area contributed by atoms with Gasteiger partial charge in [0.1, 0.15) is 0 Å². The molecular weight excluding hydrogens is 246 g/mol. The molecule has 94 valence electrons. The second-order valence-corrected chi connectivity index (χ2v) is 3.77. The summed E-state index contributed by atoms with van der Waals surface area (Å²) in [7, 11) is 0. The number of aromatic carboxylic acids is 2. The standard InChI is InChI=1S/C14H10O4.2Li.2H/c15-13(16)11-5-1-9(2-6-11)10-3-7-12(8-4-10)14(17)18;;;;/h1-8H,(H,15,16)(H,17,18);;;;. The third kappa shape index (κ3) is 4.30. The van der Waals surface area contributed by atoms with Crippen molar-refractivity contribution in [2.24, 2.45) is 0 Å². The molecule has 0 amide bonds. The average Bonchev–Trinajstić information content (AvgIpc) is 2.39. The van der Waals surface area contributed by atoms with E-state index in [0.29, 0.717) is 0 Å². The molecule has 2 aromatic rings. The van der Waals surface area contributed by atoms with Gasteiger partial charge in [-0.1, -0.05) is 24.3 Å². The predicted molar refractivity (Wildman–Crippen MR) is 80.1 cm³/mol. The molecule has 0 atom stereocenters. The Bertz CT molecular complexity index is 536. The number of hydrogen-bond acceptors (Lipinski definition) is 2. The van der Waals surface area contributed by atoms with E-state index in [1.54, 1.807) is 24.3 Å². The number of carboxylic acid groups (broad SMARTS) is 2. The van der Waals surface area contributed by atoms with Crippen LogP contribution in [0.3, 0.4) is 0 Å². The first-order valence-electron chi connectivity index (χ1n) is 5.25. The summed E-state index contributed by atoms with van der Waals surface area (Å²) in [5.41, 5.74) is 2.13. The zero-order valence-electron chi connectivity index (χ0n) is 9.33. The fourth-order valence-corrected chi connectivity index (χ4v) is 1.61. The van der Waals surface area contributed by atoms with Crippen LogP contribution >= 0.6 is 0 Å². The predicted octanol–water partition coefficient (Wildman–Crippen LogP) is 1.45. The Balaban J connectivity index is 0.00000180. The van der Waals surface area contributed by atoms with Gasteiger partial charge < -0.3 is 10.2 Å². The van der Waals surface area contributed by atoms with Gasteiger partial charge in [0.15, 0.2) is 0 Å². The van der Waals surface area contributed by atoms with Crippen LogP contribution in [0, 0.1) is 0 Å². The van der Waals surface area contributed by atoms with Gasteiger partial charge in [-0.15, -0.1) is 0 Å². The van der Waals surface area contributed by atoms with Crippen LogP contribution in [0.2, 0.25) is 0 Å². The molecule has 0 saturated carbocycles. The van der Waals surface area contributed by atoms with Gasteiger partial charge >= 0.3 is 49.7 Å². The Kier molecular flexibility index (Phi) is 7.43. The van der Waals surface area contributed by atoms with Gasteiger partial charge in [0.25, 0.3) is 0 Å². The topological polar surface area (TPSA) is 74.6 Å². The summed E-state index contributed by atoms with van der Waals surface area (Å²) in [6, 6.07) is 12.8. The van der Waals surface area contributed by atoms with Crippen LogP contribution in [-0.2, 0) is 0 Å². The summed E-state index contributed by atoms with van der Waals surface area (Å²) < 4.78 is 0. The number of benzene rings is 2. The van der Waals surface area contributed by atoms with Gasteiger partial charge in [-0.2, -0.15) is 0 Å². The van der Waals surface area contributed by atoms with Crippen molar-refractivity contribution in [3.05, 3.63) is 59.7 Å². The molecule has 0 aromatic heterocycles. The van der Waals surface area contributed by atoms with E-state index in [0.717, 1.165) is 11.1 Å². The molecule has 0 fully saturated rings. The maximum atomic E-state index is 10.7. The quantitative estimate of drug-likeness (QED) is 0.817. The zero-order chi connectivity index (χ0) is 13.1. The summed E-state index contributed by atoms with van der Waals surface area (Å²) in [5, 5.41) is 17.6. The van der Waals surface area contributed by atoms with E-state index in [4.69, 9.17) is 10.2 Å². The van der Waals surface area contributed by atoms with E-state index >= 15 is 0 Å². The first kappa shape index (κ1) is 18.6. The van der Waals surface area contributed by atoms with E-state index < -0.39 is 11.9 Å². The van der Waals surface area contributed by atoms with Crippen molar-refractivity contribution >= 4 is 49.7 Å². The monoisotopic (exact) mass is 258 g/mol. The average molecular weight is 258 g/mol. The van der Waals surface area contributed by atoms with Gasteiger partial charge in [-0.3, -0.25) is 0 Å². The second kappa shape index (κ2) is 7.99. The Hall–Kier alpha value is -1.43. The van der Waals surface area contributed by atoms with Crippen molar-refractivity contribution in [3.8, 4) is 11.1 Å². The number of carbonyl (C=O) groups is 2. The van der Waals surface area contributed by atoms with E-state index in [2.05, 4.69) is 0 Å². The fourth-order valence-electron chi connectivity index (χ4n) is 1.61. The Morgan fingerprint density at radius 1 is 0.600 bits per heavy atom.